The van der Waals surface area contributed by atoms with Crippen molar-refractivity contribution >= 4 is 29.3 Å². The van der Waals surface area contributed by atoms with Crippen molar-refractivity contribution in [3.8, 4) is 0 Å². The third-order valence-electron chi connectivity index (χ3n) is 3.93. The second kappa shape index (κ2) is 6.41. The SMILES string of the molecule is Cc1c(C(=O)N2CCN(C(=O)O)[C@@H](C)C2)cc(Cl)cc1[N+](=O)[O-]. The molecule has 2 amide bonds. The first-order valence-electron chi connectivity index (χ1n) is 6.95. The van der Waals surface area contributed by atoms with E-state index in [1.165, 1.54) is 28.9 Å². The van der Waals surface area contributed by atoms with Crippen LogP contribution in [0.25, 0.3) is 0 Å². The zero-order valence-electron chi connectivity index (χ0n) is 12.7. The van der Waals surface area contributed by atoms with Crippen LogP contribution >= 0.6 is 11.6 Å². The molecular formula is C14H16ClN3O5. The Kier molecular flexibility index (Phi) is 4.74. The van der Waals surface area contributed by atoms with Gasteiger partial charge in [-0.05, 0) is 19.9 Å². The summed E-state index contributed by atoms with van der Waals surface area (Å²) in [7, 11) is 0. The van der Waals surface area contributed by atoms with Crippen molar-refractivity contribution in [2.24, 2.45) is 0 Å². The number of hydrogen-bond donors (Lipinski definition) is 1. The third-order valence-corrected chi connectivity index (χ3v) is 4.15. The van der Waals surface area contributed by atoms with E-state index in [2.05, 4.69) is 0 Å². The highest BCUT2D eigenvalue weighted by atomic mass is 35.5. The minimum Gasteiger partial charge on any atom is -0.465 e. The zero-order chi connectivity index (χ0) is 17.3. The number of nitro groups is 1. The van der Waals surface area contributed by atoms with Crippen molar-refractivity contribution < 1.29 is 19.6 Å². The lowest BCUT2D eigenvalue weighted by Gasteiger charge is -2.38. The molecular weight excluding hydrogens is 326 g/mol. The highest BCUT2D eigenvalue weighted by Crippen LogP contribution is 2.28. The van der Waals surface area contributed by atoms with E-state index in [1.807, 2.05) is 0 Å². The van der Waals surface area contributed by atoms with E-state index in [0.717, 1.165) is 0 Å². The largest absolute Gasteiger partial charge is 0.465 e. The normalized spacial score (nSPS) is 18.0. The predicted octanol–water partition coefficient (Wildman–Crippen LogP) is 2.38. The van der Waals surface area contributed by atoms with Crippen LogP contribution in [0.5, 0.6) is 0 Å². The number of piperazine rings is 1. The fraction of sp³-hybridized carbons (Fsp3) is 0.429. The Bertz CT molecular complexity index is 679. The summed E-state index contributed by atoms with van der Waals surface area (Å²) < 4.78 is 0. The van der Waals surface area contributed by atoms with Gasteiger partial charge >= 0.3 is 6.09 Å². The van der Waals surface area contributed by atoms with E-state index < -0.39 is 11.0 Å². The monoisotopic (exact) mass is 341 g/mol. The molecule has 0 saturated carbocycles. The van der Waals surface area contributed by atoms with E-state index in [1.54, 1.807) is 6.92 Å². The van der Waals surface area contributed by atoms with Gasteiger partial charge in [0.15, 0.2) is 0 Å². The predicted molar refractivity (Wildman–Crippen MR) is 82.9 cm³/mol. The van der Waals surface area contributed by atoms with E-state index in [4.69, 9.17) is 16.7 Å². The first kappa shape index (κ1) is 17.0. The molecule has 1 saturated heterocycles. The lowest BCUT2D eigenvalue weighted by molar-refractivity contribution is -0.385. The van der Waals surface area contributed by atoms with Crippen LogP contribution in [0.4, 0.5) is 10.5 Å². The van der Waals surface area contributed by atoms with Crippen molar-refractivity contribution in [3.05, 3.63) is 38.4 Å². The fourth-order valence-corrected chi connectivity index (χ4v) is 2.89. The van der Waals surface area contributed by atoms with Gasteiger partial charge in [0.05, 0.1) is 10.5 Å². The molecule has 1 atom stereocenters. The van der Waals surface area contributed by atoms with E-state index in [0.29, 0.717) is 0 Å². The molecule has 1 aromatic rings. The maximum Gasteiger partial charge on any atom is 0.407 e. The summed E-state index contributed by atoms with van der Waals surface area (Å²) in [6.45, 7) is 3.86. The molecule has 1 fully saturated rings. The zero-order valence-corrected chi connectivity index (χ0v) is 13.4. The van der Waals surface area contributed by atoms with Gasteiger partial charge in [0.1, 0.15) is 0 Å². The standard InChI is InChI=1S/C14H16ClN3O5/c1-8-7-16(3-4-17(8)14(20)21)13(19)11-5-10(15)6-12(9(11)2)18(22)23/h5-6,8H,3-4,7H2,1-2H3,(H,20,21)/t8-/m0/s1. The molecule has 2 rings (SSSR count). The highest BCUT2D eigenvalue weighted by molar-refractivity contribution is 6.31. The van der Waals surface area contributed by atoms with Gasteiger partial charge in [-0.15, -0.1) is 0 Å². The molecule has 1 N–H and O–H groups in total. The lowest BCUT2D eigenvalue weighted by atomic mass is 10.0. The number of carbonyl (C=O) groups excluding carboxylic acids is 1. The van der Waals surface area contributed by atoms with Crippen molar-refractivity contribution in [1.82, 2.24) is 9.80 Å². The molecule has 23 heavy (non-hydrogen) atoms. The Morgan fingerprint density at radius 1 is 1.39 bits per heavy atom. The average molecular weight is 342 g/mol. The second-order valence-corrected chi connectivity index (χ2v) is 5.87. The van der Waals surface area contributed by atoms with Crippen molar-refractivity contribution in [1.29, 1.82) is 0 Å². The fourth-order valence-electron chi connectivity index (χ4n) is 2.67. The molecule has 0 unspecified atom stereocenters. The van der Waals surface area contributed by atoms with Crippen LogP contribution in [-0.2, 0) is 0 Å². The molecule has 0 bridgehead atoms. The molecule has 0 aliphatic carbocycles. The van der Waals surface area contributed by atoms with Gasteiger partial charge in [-0.1, -0.05) is 11.6 Å². The summed E-state index contributed by atoms with van der Waals surface area (Å²) >= 11 is 5.88. The lowest BCUT2D eigenvalue weighted by Crippen LogP contribution is -2.55. The van der Waals surface area contributed by atoms with Crippen LogP contribution in [0.1, 0.15) is 22.8 Å². The first-order chi connectivity index (χ1) is 10.7. The molecule has 1 aromatic carbocycles. The molecule has 1 aliphatic rings. The summed E-state index contributed by atoms with van der Waals surface area (Å²) in [6, 6.07) is 2.26. The number of rotatable bonds is 2. The number of nitrogens with zero attached hydrogens (tertiary/aromatic N) is 3. The molecule has 1 aliphatic heterocycles. The number of amides is 2. The molecule has 0 aromatic heterocycles. The van der Waals surface area contributed by atoms with Crippen LogP contribution in [-0.4, -0.2) is 57.5 Å². The maximum atomic E-state index is 12.6. The maximum absolute atomic E-state index is 12.6. The summed E-state index contributed by atoms with van der Waals surface area (Å²) in [5.41, 5.74) is 0.205. The van der Waals surface area contributed by atoms with E-state index in [-0.39, 0.29) is 53.4 Å². The molecule has 8 nitrogen and oxygen atoms in total. The van der Waals surface area contributed by atoms with Crippen LogP contribution in [0.3, 0.4) is 0 Å². The van der Waals surface area contributed by atoms with Gasteiger partial charge in [0, 0.05) is 42.3 Å². The molecule has 0 radical (unpaired) electrons. The summed E-state index contributed by atoms with van der Waals surface area (Å²) in [5.74, 6) is -0.384. The minimum absolute atomic E-state index is 0.114. The molecule has 124 valence electrons. The number of hydrogen-bond acceptors (Lipinski definition) is 4. The van der Waals surface area contributed by atoms with Gasteiger partial charge in [-0.2, -0.15) is 0 Å². The van der Waals surface area contributed by atoms with Crippen LogP contribution < -0.4 is 0 Å². The highest BCUT2D eigenvalue weighted by Gasteiger charge is 2.31. The summed E-state index contributed by atoms with van der Waals surface area (Å²) in [5, 5.41) is 20.2. The van der Waals surface area contributed by atoms with E-state index in [9.17, 15) is 19.7 Å². The average Bonchev–Trinajstić information content (AvgIpc) is 2.47. The van der Waals surface area contributed by atoms with Gasteiger partial charge in [-0.3, -0.25) is 14.9 Å². The Labute approximate surface area is 137 Å². The third kappa shape index (κ3) is 3.37. The van der Waals surface area contributed by atoms with Gasteiger partial charge < -0.3 is 14.9 Å². The Hall–Kier alpha value is -2.35. The summed E-state index contributed by atoms with van der Waals surface area (Å²) in [4.78, 5) is 36.9. The first-order valence-corrected chi connectivity index (χ1v) is 7.33. The number of halogens is 1. The number of benzene rings is 1. The van der Waals surface area contributed by atoms with E-state index >= 15 is 0 Å². The number of nitro benzene ring substituents is 1. The van der Waals surface area contributed by atoms with Gasteiger partial charge in [0.25, 0.3) is 11.6 Å². The number of carboxylic acid groups (broad SMARTS) is 1. The van der Waals surface area contributed by atoms with Crippen molar-refractivity contribution in [2.75, 3.05) is 19.6 Å². The molecule has 9 heteroatoms. The topological polar surface area (TPSA) is 104 Å². The van der Waals surface area contributed by atoms with Crippen LogP contribution in [0, 0.1) is 17.0 Å². The van der Waals surface area contributed by atoms with Gasteiger partial charge in [-0.25, -0.2) is 4.79 Å². The van der Waals surface area contributed by atoms with Crippen molar-refractivity contribution in [2.45, 2.75) is 19.9 Å². The quantitative estimate of drug-likeness (QED) is 0.657. The smallest absolute Gasteiger partial charge is 0.407 e. The Balaban J connectivity index is 2.28. The Morgan fingerprint density at radius 2 is 2.04 bits per heavy atom. The molecule has 1 heterocycles. The minimum atomic E-state index is -1.03. The van der Waals surface area contributed by atoms with Crippen LogP contribution in [0.2, 0.25) is 5.02 Å². The van der Waals surface area contributed by atoms with Crippen LogP contribution in [0.15, 0.2) is 12.1 Å². The van der Waals surface area contributed by atoms with Crippen molar-refractivity contribution in [3.63, 3.8) is 0 Å². The molecule has 0 spiro atoms. The second-order valence-electron chi connectivity index (χ2n) is 5.43. The number of carbonyl (C=O) groups is 2. The Morgan fingerprint density at radius 3 is 2.57 bits per heavy atom. The summed E-state index contributed by atoms with van der Waals surface area (Å²) in [6.07, 6.45) is -1.03. The van der Waals surface area contributed by atoms with Gasteiger partial charge in [0.2, 0.25) is 0 Å².